The van der Waals surface area contributed by atoms with Crippen molar-refractivity contribution >= 4 is 11.9 Å². The number of likely N-dealkylation sites (N-methyl/N-ethyl adjacent to an activating group) is 1. The maximum absolute atomic E-state index is 12.0. The van der Waals surface area contributed by atoms with Gasteiger partial charge in [0.2, 0.25) is 11.7 Å². The Hall–Kier alpha value is -2.11. The molecule has 0 aliphatic heterocycles. The third-order valence-corrected chi connectivity index (χ3v) is 2.30. The summed E-state index contributed by atoms with van der Waals surface area (Å²) < 4.78 is 10.1. The van der Waals surface area contributed by atoms with Crippen molar-refractivity contribution in [2.24, 2.45) is 0 Å². The molecule has 0 atom stereocenters. The van der Waals surface area contributed by atoms with Crippen molar-refractivity contribution in [1.29, 1.82) is 0 Å². The van der Waals surface area contributed by atoms with Crippen LogP contribution >= 0.6 is 0 Å². The van der Waals surface area contributed by atoms with E-state index in [1.807, 2.05) is 0 Å². The summed E-state index contributed by atoms with van der Waals surface area (Å²) in [6, 6.07) is 4.90. The maximum Gasteiger partial charge on any atom is 0.410 e. The molecule has 110 valence electrons. The summed E-state index contributed by atoms with van der Waals surface area (Å²) in [5.41, 5.74) is -0.345. The van der Waals surface area contributed by atoms with Gasteiger partial charge >= 0.3 is 6.09 Å². The molecule has 0 fully saturated rings. The Kier molecular flexibility index (Phi) is 5.07. The zero-order chi connectivity index (χ0) is 15.3. The number of pyridine rings is 1. The Balaban J connectivity index is 2.67. The van der Waals surface area contributed by atoms with Crippen LogP contribution in [-0.2, 0) is 4.74 Å². The number of ether oxygens (including phenoxy) is 2. The third kappa shape index (κ3) is 4.87. The highest BCUT2D eigenvalue weighted by molar-refractivity contribution is 5.97. The molecule has 0 saturated carbocycles. The fraction of sp³-hybridized carbons (Fsp3) is 0.500. The first-order chi connectivity index (χ1) is 9.23. The van der Waals surface area contributed by atoms with Gasteiger partial charge in [-0.05, 0) is 26.8 Å². The van der Waals surface area contributed by atoms with E-state index in [0.29, 0.717) is 5.88 Å². The highest BCUT2D eigenvalue weighted by Gasteiger charge is 2.22. The third-order valence-electron chi connectivity index (χ3n) is 2.30. The fourth-order valence-electron chi connectivity index (χ4n) is 1.38. The van der Waals surface area contributed by atoms with Crippen LogP contribution in [0, 0.1) is 0 Å². The number of hydrogen-bond acceptors (Lipinski definition) is 5. The molecule has 20 heavy (non-hydrogen) atoms. The Morgan fingerprint density at radius 3 is 2.50 bits per heavy atom. The molecule has 0 saturated heterocycles. The SMILES string of the molecule is COc1cccc(C(=O)CN(C)C(=O)OC(C)(C)C)n1. The van der Waals surface area contributed by atoms with Gasteiger partial charge in [0.15, 0.2) is 0 Å². The highest BCUT2D eigenvalue weighted by atomic mass is 16.6. The number of carbonyl (C=O) groups is 2. The summed E-state index contributed by atoms with van der Waals surface area (Å²) in [4.78, 5) is 29.0. The molecule has 0 aliphatic rings. The van der Waals surface area contributed by atoms with E-state index in [4.69, 9.17) is 9.47 Å². The number of hydrogen-bond donors (Lipinski definition) is 0. The van der Waals surface area contributed by atoms with Crippen LogP contribution < -0.4 is 4.74 Å². The van der Waals surface area contributed by atoms with Crippen LogP contribution in [0.5, 0.6) is 5.88 Å². The summed E-state index contributed by atoms with van der Waals surface area (Å²) in [5.74, 6) is 0.0769. The first-order valence-electron chi connectivity index (χ1n) is 6.21. The smallest absolute Gasteiger partial charge is 0.410 e. The van der Waals surface area contributed by atoms with Gasteiger partial charge < -0.3 is 14.4 Å². The van der Waals surface area contributed by atoms with Crippen LogP contribution in [0.2, 0.25) is 0 Å². The minimum Gasteiger partial charge on any atom is -0.481 e. The zero-order valence-electron chi connectivity index (χ0n) is 12.5. The predicted octanol–water partition coefficient (Wildman–Crippen LogP) is 2.14. The number of nitrogens with zero attached hydrogens (tertiary/aromatic N) is 2. The van der Waals surface area contributed by atoms with Gasteiger partial charge in [-0.3, -0.25) is 4.79 Å². The minimum atomic E-state index is -0.595. The molecule has 0 unspecified atom stereocenters. The normalized spacial score (nSPS) is 10.8. The van der Waals surface area contributed by atoms with E-state index in [0.717, 1.165) is 0 Å². The number of amides is 1. The molecule has 0 aliphatic carbocycles. The zero-order valence-corrected chi connectivity index (χ0v) is 12.5. The Labute approximate surface area is 118 Å². The van der Waals surface area contributed by atoms with Crippen LogP contribution in [0.25, 0.3) is 0 Å². The van der Waals surface area contributed by atoms with Gasteiger partial charge in [0.25, 0.3) is 0 Å². The molecule has 0 aromatic carbocycles. The lowest BCUT2D eigenvalue weighted by atomic mass is 10.2. The topological polar surface area (TPSA) is 68.7 Å². The summed E-state index contributed by atoms with van der Waals surface area (Å²) in [6.45, 7) is 5.20. The van der Waals surface area contributed by atoms with Crippen molar-refractivity contribution in [1.82, 2.24) is 9.88 Å². The van der Waals surface area contributed by atoms with Crippen LogP contribution in [0.4, 0.5) is 4.79 Å². The largest absolute Gasteiger partial charge is 0.481 e. The van der Waals surface area contributed by atoms with Crippen molar-refractivity contribution in [2.45, 2.75) is 26.4 Å². The summed E-state index contributed by atoms with van der Waals surface area (Å²) in [6.07, 6.45) is -0.547. The van der Waals surface area contributed by atoms with Crippen molar-refractivity contribution in [3.8, 4) is 5.88 Å². The number of Topliss-reactive ketones (excluding diaryl/α,β-unsaturated/α-hetero) is 1. The van der Waals surface area contributed by atoms with Crippen molar-refractivity contribution in [3.05, 3.63) is 23.9 Å². The quantitative estimate of drug-likeness (QED) is 0.790. The number of rotatable bonds is 4. The molecule has 0 spiro atoms. The molecule has 1 aromatic rings. The molecular weight excluding hydrogens is 260 g/mol. The molecule has 0 N–H and O–H groups in total. The molecule has 6 heteroatoms. The van der Waals surface area contributed by atoms with E-state index in [1.54, 1.807) is 39.0 Å². The van der Waals surface area contributed by atoms with Gasteiger partial charge in [-0.25, -0.2) is 9.78 Å². The van der Waals surface area contributed by atoms with Crippen molar-refractivity contribution < 1.29 is 19.1 Å². The summed E-state index contributed by atoms with van der Waals surface area (Å²) in [5, 5.41) is 0. The van der Waals surface area contributed by atoms with E-state index < -0.39 is 11.7 Å². The number of carbonyl (C=O) groups excluding carboxylic acids is 2. The van der Waals surface area contributed by atoms with Crippen LogP contribution in [0.1, 0.15) is 31.3 Å². The van der Waals surface area contributed by atoms with Crippen molar-refractivity contribution in [2.75, 3.05) is 20.7 Å². The molecule has 1 heterocycles. The number of methoxy groups -OCH3 is 1. The lowest BCUT2D eigenvalue weighted by Gasteiger charge is -2.24. The number of aromatic nitrogens is 1. The Morgan fingerprint density at radius 1 is 1.30 bits per heavy atom. The molecule has 0 radical (unpaired) electrons. The van der Waals surface area contributed by atoms with Gasteiger partial charge in [0, 0.05) is 13.1 Å². The van der Waals surface area contributed by atoms with E-state index >= 15 is 0 Å². The Morgan fingerprint density at radius 2 is 1.95 bits per heavy atom. The fourth-order valence-corrected chi connectivity index (χ4v) is 1.38. The van der Waals surface area contributed by atoms with Crippen LogP contribution in [0.15, 0.2) is 18.2 Å². The summed E-state index contributed by atoms with van der Waals surface area (Å²) >= 11 is 0. The van der Waals surface area contributed by atoms with Crippen molar-refractivity contribution in [3.63, 3.8) is 0 Å². The molecule has 6 nitrogen and oxygen atoms in total. The molecule has 1 aromatic heterocycles. The molecule has 0 bridgehead atoms. The first kappa shape index (κ1) is 15.9. The van der Waals surface area contributed by atoms with Gasteiger partial charge in [-0.15, -0.1) is 0 Å². The van der Waals surface area contributed by atoms with E-state index in [2.05, 4.69) is 4.98 Å². The standard InChI is InChI=1S/C14H20N2O4/c1-14(2,3)20-13(18)16(4)9-11(17)10-7-6-8-12(15-10)19-5/h6-8H,9H2,1-5H3. The second-order valence-electron chi connectivity index (χ2n) is 5.32. The monoisotopic (exact) mass is 280 g/mol. The maximum atomic E-state index is 12.0. The lowest BCUT2D eigenvalue weighted by Crippen LogP contribution is -2.37. The Bertz CT molecular complexity index is 494. The second-order valence-corrected chi connectivity index (χ2v) is 5.32. The van der Waals surface area contributed by atoms with E-state index in [9.17, 15) is 9.59 Å². The predicted molar refractivity (Wildman–Crippen MR) is 74.0 cm³/mol. The van der Waals surface area contributed by atoms with Crippen LogP contribution in [-0.4, -0.2) is 48.1 Å². The number of ketones is 1. The minimum absolute atomic E-state index is 0.102. The first-order valence-corrected chi connectivity index (χ1v) is 6.21. The van der Waals surface area contributed by atoms with Gasteiger partial charge in [-0.2, -0.15) is 0 Å². The van der Waals surface area contributed by atoms with E-state index in [-0.39, 0.29) is 18.0 Å². The average molecular weight is 280 g/mol. The summed E-state index contributed by atoms with van der Waals surface area (Å²) in [7, 11) is 2.98. The average Bonchev–Trinajstić information content (AvgIpc) is 2.36. The van der Waals surface area contributed by atoms with Gasteiger partial charge in [-0.1, -0.05) is 6.07 Å². The van der Waals surface area contributed by atoms with Crippen LogP contribution in [0.3, 0.4) is 0 Å². The lowest BCUT2D eigenvalue weighted by molar-refractivity contribution is 0.0294. The van der Waals surface area contributed by atoms with Gasteiger partial charge in [0.1, 0.15) is 11.3 Å². The molecule has 1 amide bonds. The van der Waals surface area contributed by atoms with Gasteiger partial charge in [0.05, 0.1) is 13.7 Å². The van der Waals surface area contributed by atoms with E-state index in [1.165, 1.54) is 19.1 Å². The molecular formula is C14H20N2O4. The second kappa shape index (κ2) is 6.36. The molecule has 1 rings (SSSR count). The highest BCUT2D eigenvalue weighted by Crippen LogP contribution is 2.11.